The van der Waals surface area contributed by atoms with Gasteiger partial charge in [-0.3, -0.25) is 0 Å². The lowest BCUT2D eigenvalue weighted by Gasteiger charge is -2.26. The van der Waals surface area contributed by atoms with Crippen LogP contribution in [-0.4, -0.2) is 6.54 Å². The van der Waals surface area contributed by atoms with Gasteiger partial charge in [0.2, 0.25) is 0 Å². The summed E-state index contributed by atoms with van der Waals surface area (Å²) in [5, 5.41) is 12.3. The van der Waals surface area contributed by atoms with E-state index in [1.54, 1.807) is 0 Å². The molecule has 1 fully saturated rings. The molecule has 0 saturated carbocycles. The van der Waals surface area contributed by atoms with Gasteiger partial charge in [0.25, 0.3) is 0 Å². The Bertz CT molecular complexity index is 326. The molecule has 1 saturated heterocycles. The van der Waals surface area contributed by atoms with Gasteiger partial charge in [-0.25, -0.2) is 0 Å². The Hall–Kier alpha value is -1.33. The van der Waals surface area contributed by atoms with Crippen LogP contribution in [0.1, 0.15) is 24.4 Å². The minimum absolute atomic E-state index is 0.224. The highest BCUT2D eigenvalue weighted by Crippen LogP contribution is 2.26. The van der Waals surface area contributed by atoms with Crippen LogP contribution in [0.3, 0.4) is 0 Å². The van der Waals surface area contributed by atoms with E-state index in [2.05, 4.69) is 23.5 Å². The summed E-state index contributed by atoms with van der Waals surface area (Å²) in [6.45, 7) is 0.956. The monoisotopic (exact) mass is 186 g/mol. The fourth-order valence-electron chi connectivity index (χ4n) is 1.97. The van der Waals surface area contributed by atoms with Gasteiger partial charge in [-0.05, 0) is 24.9 Å². The Morgan fingerprint density at radius 3 is 2.79 bits per heavy atom. The Morgan fingerprint density at radius 1 is 1.29 bits per heavy atom. The first-order valence-electron chi connectivity index (χ1n) is 5.08. The summed E-state index contributed by atoms with van der Waals surface area (Å²) in [5.41, 5.74) is 1.30. The maximum atomic E-state index is 8.88. The molecule has 2 heteroatoms. The third-order valence-electron chi connectivity index (χ3n) is 2.79. The molecule has 14 heavy (non-hydrogen) atoms. The van der Waals surface area contributed by atoms with Gasteiger partial charge in [0, 0.05) is 12.0 Å². The highest BCUT2D eigenvalue weighted by atomic mass is 14.9. The smallest absolute Gasteiger partial charge is 0.0657 e. The van der Waals surface area contributed by atoms with E-state index in [4.69, 9.17) is 5.26 Å². The Morgan fingerprint density at radius 2 is 2.07 bits per heavy atom. The number of nitrogens with one attached hydrogen (secondary N) is 1. The standard InChI is InChI=1S/C12H14N2/c13-9-10-6-7-14-12(8-10)11-4-2-1-3-5-11/h1-5,10,12,14H,6-8H2/t10-,12+/m0/s1. The lowest BCUT2D eigenvalue weighted by atomic mass is 9.90. The summed E-state index contributed by atoms with van der Waals surface area (Å²) in [4.78, 5) is 0. The topological polar surface area (TPSA) is 35.8 Å². The summed E-state index contributed by atoms with van der Waals surface area (Å²) < 4.78 is 0. The fraction of sp³-hybridized carbons (Fsp3) is 0.417. The molecule has 1 heterocycles. The molecule has 1 aliphatic rings. The van der Waals surface area contributed by atoms with E-state index in [9.17, 15) is 0 Å². The van der Waals surface area contributed by atoms with Crippen molar-refractivity contribution in [2.45, 2.75) is 18.9 Å². The van der Waals surface area contributed by atoms with Crippen LogP contribution in [-0.2, 0) is 0 Å². The summed E-state index contributed by atoms with van der Waals surface area (Å²) in [6, 6.07) is 13.1. The van der Waals surface area contributed by atoms with Crippen molar-refractivity contribution in [1.29, 1.82) is 5.26 Å². The van der Waals surface area contributed by atoms with Crippen LogP contribution < -0.4 is 5.32 Å². The molecular formula is C12H14N2. The zero-order valence-electron chi connectivity index (χ0n) is 8.11. The first kappa shape index (κ1) is 9.23. The van der Waals surface area contributed by atoms with Gasteiger partial charge in [0.05, 0.1) is 6.07 Å². The predicted octanol–water partition coefficient (Wildman–Crippen LogP) is 2.25. The zero-order chi connectivity index (χ0) is 9.80. The van der Waals surface area contributed by atoms with Crippen molar-refractivity contribution >= 4 is 0 Å². The van der Waals surface area contributed by atoms with Crippen molar-refractivity contribution in [2.24, 2.45) is 5.92 Å². The maximum absolute atomic E-state index is 8.88. The molecule has 1 aliphatic heterocycles. The van der Waals surface area contributed by atoms with E-state index in [0.29, 0.717) is 6.04 Å². The second-order valence-electron chi connectivity index (χ2n) is 3.77. The van der Waals surface area contributed by atoms with Gasteiger partial charge in [-0.2, -0.15) is 5.26 Å². The van der Waals surface area contributed by atoms with Crippen molar-refractivity contribution in [1.82, 2.24) is 5.32 Å². The first-order chi connectivity index (χ1) is 6.90. The second kappa shape index (κ2) is 4.26. The molecule has 1 aromatic carbocycles. The van der Waals surface area contributed by atoms with Crippen molar-refractivity contribution in [3.8, 4) is 6.07 Å². The molecule has 2 nitrogen and oxygen atoms in total. The normalized spacial score (nSPS) is 26.8. The van der Waals surface area contributed by atoms with Crippen LogP contribution in [0.2, 0.25) is 0 Å². The van der Waals surface area contributed by atoms with Crippen molar-refractivity contribution in [3.63, 3.8) is 0 Å². The van der Waals surface area contributed by atoms with Crippen LogP contribution >= 0.6 is 0 Å². The maximum Gasteiger partial charge on any atom is 0.0657 e. The number of nitriles is 1. The Labute approximate surface area is 84.6 Å². The summed E-state index contributed by atoms with van der Waals surface area (Å²) in [5.74, 6) is 0.224. The van der Waals surface area contributed by atoms with Crippen LogP contribution in [0, 0.1) is 17.2 Å². The van der Waals surface area contributed by atoms with Crippen LogP contribution in [0.4, 0.5) is 0 Å². The van der Waals surface area contributed by atoms with Gasteiger partial charge >= 0.3 is 0 Å². The van der Waals surface area contributed by atoms with E-state index in [1.807, 2.05) is 18.2 Å². The quantitative estimate of drug-likeness (QED) is 0.730. The zero-order valence-corrected chi connectivity index (χ0v) is 8.11. The van der Waals surface area contributed by atoms with Gasteiger partial charge in [-0.15, -0.1) is 0 Å². The largest absolute Gasteiger partial charge is 0.310 e. The van der Waals surface area contributed by atoms with Crippen LogP contribution in [0.15, 0.2) is 30.3 Å². The highest BCUT2D eigenvalue weighted by Gasteiger charge is 2.21. The summed E-state index contributed by atoms with van der Waals surface area (Å²) in [6.07, 6.45) is 1.93. The molecule has 2 rings (SSSR count). The molecule has 1 N–H and O–H groups in total. The third-order valence-corrected chi connectivity index (χ3v) is 2.79. The molecule has 0 bridgehead atoms. The molecule has 1 aromatic rings. The van der Waals surface area contributed by atoms with E-state index in [0.717, 1.165) is 19.4 Å². The molecule has 0 aromatic heterocycles. The number of nitrogens with zero attached hydrogens (tertiary/aromatic N) is 1. The minimum Gasteiger partial charge on any atom is -0.310 e. The lowest BCUT2D eigenvalue weighted by Crippen LogP contribution is -2.31. The number of rotatable bonds is 1. The lowest BCUT2D eigenvalue weighted by molar-refractivity contribution is 0.356. The fourth-order valence-corrected chi connectivity index (χ4v) is 1.97. The second-order valence-corrected chi connectivity index (χ2v) is 3.77. The van der Waals surface area contributed by atoms with E-state index in [-0.39, 0.29) is 5.92 Å². The van der Waals surface area contributed by atoms with Crippen molar-refractivity contribution in [3.05, 3.63) is 35.9 Å². The molecular weight excluding hydrogens is 172 g/mol. The van der Waals surface area contributed by atoms with Crippen molar-refractivity contribution in [2.75, 3.05) is 6.54 Å². The SMILES string of the molecule is N#C[C@H]1CCN[C@@H](c2ccccc2)C1. The Balaban J connectivity index is 2.09. The average Bonchev–Trinajstić information content (AvgIpc) is 2.30. The Kier molecular flexibility index (Phi) is 2.81. The third kappa shape index (κ3) is 1.94. The van der Waals surface area contributed by atoms with Gasteiger partial charge in [0.15, 0.2) is 0 Å². The average molecular weight is 186 g/mol. The van der Waals surface area contributed by atoms with E-state index >= 15 is 0 Å². The summed E-state index contributed by atoms with van der Waals surface area (Å²) in [7, 11) is 0. The number of hydrogen-bond donors (Lipinski definition) is 1. The molecule has 0 amide bonds. The van der Waals surface area contributed by atoms with Gasteiger partial charge in [0.1, 0.15) is 0 Å². The van der Waals surface area contributed by atoms with Crippen LogP contribution in [0.5, 0.6) is 0 Å². The first-order valence-corrected chi connectivity index (χ1v) is 5.08. The van der Waals surface area contributed by atoms with Crippen LogP contribution in [0.25, 0.3) is 0 Å². The molecule has 72 valence electrons. The number of hydrogen-bond acceptors (Lipinski definition) is 2. The molecule has 0 aliphatic carbocycles. The number of benzene rings is 1. The van der Waals surface area contributed by atoms with Gasteiger partial charge < -0.3 is 5.32 Å². The molecule has 0 radical (unpaired) electrons. The molecule has 0 spiro atoms. The van der Waals surface area contributed by atoms with E-state index < -0.39 is 0 Å². The molecule has 0 unspecified atom stereocenters. The summed E-state index contributed by atoms with van der Waals surface area (Å²) >= 11 is 0. The highest BCUT2D eigenvalue weighted by molar-refractivity contribution is 5.19. The van der Waals surface area contributed by atoms with E-state index in [1.165, 1.54) is 5.56 Å². The molecule has 2 atom stereocenters. The predicted molar refractivity (Wildman–Crippen MR) is 55.5 cm³/mol. The van der Waals surface area contributed by atoms with Gasteiger partial charge in [-0.1, -0.05) is 30.3 Å². The number of piperidine rings is 1. The van der Waals surface area contributed by atoms with Crippen molar-refractivity contribution < 1.29 is 0 Å². The minimum atomic E-state index is 0.224.